The number of quaternary nitrogens is 2. The normalized spacial score (nSPS) is 27.1. The van der Waals surface area contributed by atoms with E-state index in [1.165, 1.54) is 29.2 Å². The van der Waals surface area contributed by atoms with Crippen molar-refractivity contribution in [2.24, 2.45) is 0 Å². The number of nitrogens with one attached hydrogen (secondary N) is 2. The van der Waals surface area contributed by atoms with Crippen LogP contribution in [0.3, 0.4) is 0 Å². The summed E-state index contributed by atoms with van der Waals surface area (Å²) in [4.78, 5) is 29.0. The molecule has 1 aromatic carbocycles. The molecule has 0 bridgehead atoms. The smallest absolute Gasteiger partial charge is 0.420 e. The lowest BCUT2D eigenvalue weighted by molar-refractivity contribution is -1.02. The number of likely N-dealkylation sites (N-methyl/N-ethyl adjacent to an activating group) is 1. The predicted octanol–water partition coefficient (Wildman–Crippen LogP) is -0.710. The van der Waals surface area contributed by atoms with Gasteiger partial charge in [-0.2, -0.15) is 0 Å². The molecule has 2 aliphatic rings. The van der Waals surface area contributed by atoms with Crippen molar-refractivity contribution >= 4 is 29.1 Å². The summed E-state index contributed by atoms with van der Waals surface area (Å²) < 4.78 is 29.6. The summed E-state index contributed by atoms with van der Waals surface area (Å²) in [6.07, 6.45) is 0.174. The summed E-state index contributed by atoms with van der Waals surface area (Å²) in [6, 6.07) is 4.96. The maximum absolute atomic E-state index is 12.8. The third kappa shape index (κ3) is 4.13. The highest BCUT2D eigenvalue weighted by Gasteiger charge is 2.46. The van der Waals surface area contributed by atoms with E-state index in [0.29, 0.717) is 5.69 Å². The molecule has 0 aliphatic carbocycles. The van der Waals surface area contributed by atoms with E-state index in [-0.39, 0.29) is 30.0 Å². The maximum atomic E-state index is 12.8. The molecule has 3 rings (SSSR count). The third-order valence-electron chi connectivity index (χ3n) is 5.07. The number of ether oxygens (including phenoxy) is 1. The highest BCUT2D eigenvalue weighted by atomic mass is 35.5. The largest absolute Gasteiger partial charge is 0.487 e. The van der Waals surface area contributed by atoms with Gasteiger partial charge in [0.2, 0.25) is 5.91 Å². The summed E-state index contributed by atoms with van der Waals surface area (Å²) in [5.74, 6) is -0.649. The first-order chi connectivity index (χ1) is 12.3. The Kier molecular flexibility index (Phi) is 5.45. The molecular weight excluding hydrogens is 368 g/mol. The van der Waals surface area contributed by atoms with Crippen molar-refractivity contribution in [1.82, 2.24) is 0 Å². The molecule has 0 unspecified atom stereocenters. The highest BCUT2D eigenvalue weighted by Crippen LogP contribution is 2.28. The zero-order valence-electron chi connectivity index (χ0n) is 14.4. The van der Waals surface area contributed by atoms with Crippen molar-refractivity contribution in [2.45, 2.75) is 25.0 Å². The van der Waals surface area contributed by atoms with Gasteiger partial charge in [0.1, 0.15) is 31.9 Å². The van der Waals surface area contributed by atoms with Gasteiger partial charge in [-0.15, -0.1) is 8.78 Å². The topological polar surface area (TPSA) is 55.5 Å². The fourth-order valence-corrected chi connectivity index (χ4v) is 3.73. The average molecular weight is 390 g/mol. The van der Waals surface area contributed by atoms with Crippen molar-refractivity contribution in [2.75, 3.05) is 37.6 Å². The second kappa shape index (κ2) is 7.46. The SMILES string of the molecule is CC[NH+]1CC[NH+]([C@@H]2CC(=O)N(c3ccc(OC(F)(F)Cl)cc3)C2=O)CC1. The molecule has 6 nitrogen and oxygen atoms in total. The van der Waals surface area contributed by atoms with Crippen molar-refractivity contribution < 1.29 is 32.9 Å². The molecule has 0 saturated carbocycles. The van der Waals surface area contributed by atoms with E-state index in [1.54, 1.807) is 0 Å². The lowest BCUT2D eigenvalue weighted by Crippen LogP contribution is -3.29. The zero-order chi connectivity index (χ0) is 18.9. The molecule has 0 spiro atoms. The summed E-state index contributed by atoms with van der Waals surface area (Å²) in [5.41, 5.74) is -3.46. The minimum absolute atomic E-state index is 0.145. The van der Waals surface area contributed by atoms with E-state index < -0.39 is 5.57 Å². The number of rotatable bonds is 5. The van der Waals surface area contributed by atoms with Crippen LogP contribution in [0.5, 0.6) is 5.75 Å². The van der Waals surface area contributed by atoms with Crippen LogP contribution in [0.4, 0.5) is 14.5 Å². The van der Waals surface area contributed by atoms with E-state index >= 15 is 0 Å². The molecule has 0 aromatic heterocycles. The Labute approximate surface area is 155 Å². The monoisotopic (exact) mass is 389 g/mol. The van der Waals surface area contributed by atoms with Gasteiger partial charge in [0.25, 0.3) is 5.91 Å². The first-order valence-corrected chi connectivity index (χ1v) is 9.07. The van der Waals surface area contributed by atoms with Gasteiger partial charge in [0.15, 0.2) is 6.04 Å². The number of hydrogen-bond acceptors (Lipinski definition) is 3. The van der Waals surface area contributed by atoms with Crippen LogP contribution in [0.25, 0.3) is 0 Å². The third-order valence-corrected chi connectivity index (χ3v) is 5.14. The average Bonchev–Trinajstić information content (AvgIpc) is 2.89. The molecule has 142 valence electrons. The fourth-order valence-electron chi connectivity index (χ4n) is 3.65. The van der Waals surface area contributed by atoms with Gasteiger partial charge in [0, 0.05) is 11.6 Å². The zero-order valence-corrected chi connectivity index (χ0v) is 15.2. The van der Waals surface area contributed by atoms with Crippen LogP contribution in [0.15, 0.2) is 24.3 Å². The Morgan fingerprint density at radius 1 is 1.19 bits per heavy atom. The molecule has 26 heavy (non-hydrogen) atoms. The molecule has 9 heteroatoms. The predicted molar refractivity (Wildman–Crippen MR) is 90.7 cm³/mol. The molecule has 2 heterocycles. The van der Waals surface area contributed by atoms with Gasteiger partial charge in [-0.3, -0.25) is 9.59 Å². The van der Waals surface area contributed by atoms with Crippen molar-refractivity contribution in [3.63, 3.8) is 0 Å². The summed E-state index contributed by atoms with van der Waals surface area (Å²) in [5, 5.41) is 0. The fraction of sp³-hybridized carbons (Fsp3) is 0.529. The van der Waals surface area contributed by atoms with Gasteiger partial charge in [-0.1, -0.05) is 0 Å². The van der Waals surface area contributed by atoms with Crippen LogP contribution in [0.1, 0.15) is 13.3 Å². The number of halogens is 3. The number of imide groups is 1. The standard InChI is InChI=1S/C17H20ClF2N3O3/c1-2-21-7-9-22(10-8-21)14-11-15(24)23(16(14)25)12-3-5-13(6-4-12)26-17(18,19)20/h3-6,14H,2,7-11H2,1H3/p+2/t14-/m1/s1. The number of nitrogens with zero attached hydrogens (tertiary/aromatic N) is 1. The van der Waals surface area contributed by atoms with Crippen molar-refractivity contribution in [3.05, 3.63) is 24.3 Å². The maximum Gasteiger partial charge on any atom is 0.487 e. The number of amides is 2. The summed E-state index contributed by atoms with van der Waals surface area (Å²) in [6.45, 7) is 6.90. The quantitative estimate of drug-likeness (QED) is 0.517. The van der Waals surface area contributed by atoms with E-state index in [4.69, 9.17) is 11.6 Å². The van der Waals surface area contributed by atoms with Crippen LogP contribution >= 0.6 is 11.6 Å². The number of hydrogen-bond donors (Lipinski definition) is 2. The highest BCUT2D eigenvalue weighted by molar-refractivity contribution is 6.22. The molecule has 1 aromatic rings. The van der Waals surface area contributed by atoms with Gasteiger partial charge in [0.05, 0.1) is 18.7 Å². The first-order valence-electron chi connectivity index (χ1n) is 8.69. The van der Waals surface area contributed by atoms with Crippen LogP contribution < -0.4 is 19.4 Å². The van der Waals surface area contributed by atoms with Crippen LogP contribution in [0, 0.1) is 0 Å². The number of benzene rings is 1. The van der Waals surface area contributed by atoms with Gasteiger partial charge in [-0.05, 0) is 31.2 Å². The molecule has 1 atom stereocenters. The van der Waals surface area contributed by atoms with E-state index in [0.717, 1.165) is 42.5 Å². The Morgan fingerprint density at radius 3 is 2.35 bits per heavy atom. The molecule has 2 fully saturated rings. The minimum Gasteiger partial charge on any atom is -0.420 e. The lowest BCUT2D eigenvalue weighted by Gasteiger charge is -2.31. The Balaban J connectivity index is 1.69. The van der Waals surface area contributed by atoms with Crippen LogP contribution in [-0.2, 0) is 9.59 Å². The van der Waals surface area contributed by atoms with E-state index in [2.05, 4.69) is 11.7 Å². The molecular formula is C17H22ClF2N3O3+2. The van der Waals surface area contributed by atoms with Gasteiger partial charge < -0.3 is 14.5 Å². The molecule has 2 aliphatic heterocycles. The Bertz CT molecular complexity index is 673. The van der Waals surface area contributed by atoms with Gasteiger partial charge in [-0.25, -0.2) is 4.90 Å². The van der Waals surface area contributed by atoms with Crippen molar-refractivity contribution in [1.29, 1.82) is 0 Å². The second-order valence-electron chi connectivity index (χ2n) is 6.63. The summed E-state index contributed by atoms with van der Waals surface area (Å²) >= 11 is 4.73. The molecule has 2 N–H and O–H groups in total. The number of anilines is 1. The van der Waals surface area contributed by atoms with Crippen molar-refractivity contribution in [3.8, 4) is 5.75 Å². The van der Waals surface area contributed by atoms with E-state index in [9.17, 15) is 18.4 Å². The molecule has 2 amide bonds. The van der Waals surface area contributed by atoms with E-state index in [1.807, 2.05) is 0 Å². The number of carbonyl (C=O) groups is 2. The lowest BCUT2D eigenvalue weighted by atomic mass is 10.1. The number of carbonyl (C=O) groups excluding carboxylic acids is 2. The summed E-state index contributed by atoms with van der Waals surface area (Å²) in [7, 11) is 0. The Hall–Kier alpha value is -1.77. The Morgan fingerprint density at radius 2 is 1.81 bits per heavy atom. The number of piperazine rings is 1. The second-order valence-corrected chi connectivity index (χ2v) is 7.07. The number of alkyl halides is 3. The first kappa shape index (κ1) is 19.0. The molecule has 2 saturated heterocycles. The minimum atomic E-state index is -3.81. The van der Waals surface area contributed by atoms with Crippen LogP contribution in [0.2, 0.25) is 0 Å². The van der Waals surface area contributed by atoms with Gasteiger partial charge >= 0.3 is 5.57 Å². The van der Waals surface area contributed by atoms with Crippen LogP contribution in [-0.4, -0.2) is 56.1 Å². The molecule has 0 radical (unpaired) electrons.